The van der Waals surface area contributed by atoms with Crippen molar-refractivity contribution in [2.24, 2.45) is 0 Å². The number of carbonyl (C=O) groups excluding carboxylic acids is 1. The fraction of sp³-hybridized carbons (Fsp3) is 0.267. The molecule has 0 spiro atoms. The lowest BCUT2D eigenvalue weighted by atomic mass is 10.0. The van der Waals surface area contributed by atoms with Crippen LogP contribution in [0.3, 0.4) is 0 Å². The minimum atomic E-state index is -6.15. The lowest BCUT2D eigenvalue weighted by Gasteiger charge is -2.22. The third-order valence-electron chi connectivity index (χ3n) is 3.80. The van der Waals surface area contributed by atoms with Gasteiger partial charge in [-0.1, -0.05) is 0 Å². The molecular formula is C15H7F8N3O2. The molecule has 0 bridgehead atoms. The van der Waals surface area contributed by atoms with E-state index >= 15 is 0 Å². The van der Waals surface area contributed by atoms with Crippen LogP contribution in [0.5, 0.6) is 0 Å². The second-order valence-corrected chi connectivity index (χ2v) is 5.55. The molecule has 150 valence electrons. The molecule has 28 heavy (non-hydrogen) atoms. The van der Waals surface area contributed by atoms with Crippen LogP contribution < -0.4 is 0 Å². The zero-order chi connectivity index (χ0) is 21.1. The third kappa shape index (κ3) is 2.99. The van der Waals surface area contributed by atoms with Crippen LogP contribution in [0.25, 0.3) is 16.4 Å². The zero-order valence-electron chi connectivity index (χ0n) is 13.5. The number of nitrogens with zero attached hydrogens (tertiary/aromatic N) is 3. The molecule has 13 heteroatoms. The molecule has 0 fully saturated rings. The van der Waals surface area contributed by atoms with Crippen molar-refractivity contribution in [3.63, 3.8) is 0 Å². The Bertz CT molecular complexity index is 1080. The van der Waals surface area contributed by atoms with E-state index in [1.165, 1.54) is 0 Å². The van der Waals surface area contributed by atoms with Crippen molar-refractivity contribution in [1.29, 1.82) is 0 Å². The summed E-state index contributed by atoms with van der Waals surface area (Å²) >= 11 is 0. The molecule has 0 N–H and O–H groups in total. The molecule has 0 amide bonds. The number of pyridine rings is 2. The van der Waals surface area contributed by atoms with E-state index in [9.17, 15) is 39.9 Å². The van der Waals surface area contributed by atoms with Crippen molar-refractivity contribution in [1.82, 2.24) is 14.6 Å². The van der Waals surface area contributed by atoms with E-state index in [0.29, 0.717) is 6.07 Å². The predicted octanol–water partition coefficient (Wildman–Crippen LogP) is 4.34. The molecule has 3 aromatic rings. The van der Waals surface area contributed by atoms with Crippen LogP contribution >= 0.6 is 0 Å². The van der Waals surface area contributed by atoms with Gasteiger partial charge >= 0.3 is 24.2 Å². The average Bonchev–Trinajstić information content (AvgIpc) is 3.02. The van der Waals surface area contributed by atoms with E-state index in [1.54, 1.807) is 0 Å². The summed E-state index contributed by atoms with van der Waals surface area (Å²) in [7, 11) is 0.993. The summed E-state index contributed by atoms with van der Waals surface area (Å²) in [5.74, 6) is -6.58. The molecule has 5 nitrogen and oxygen atoms in total. The number of alkyl halides is 8. The van der Waals surface area contributed by atoms with Crippen LogP contribution in [-0.2, 0) is 16.8 Å². The lowest BCUT2D eigenvalue weighted by molar-refractivity contribution is -0.288. The summed E-state index contributed by atoms with van der Waals surface area (Å²) < 4.78 is 111. The SMILES string of the molecule is COC(=O)c1cc2c3nc(C(F)(F)F)cc(C(F)(F)C(F)(F)F)c3ccn2n1. The summed E-state index contributed by atoms with van der Waals surface area (Å²) in [4.78, 5) is 14.7. The van der Waals surface area contributed by atoms with Crippen molar-refractivity contribution >= 4 is 22.4 Å². The van der Waals surface area contributed by atoms with Crippen LogP contribution in [0.15, 0.2) is 24.4 Å². The first-order chi connectivity index (χ1) is 12.8. The normalized spacial score (nSPS) is 13.3. The number of fused-ring (bicyclic) bond motifs is 3. The van der Waals surface area contributed by atoms with Gasteiger partial charge in [-0.3, -0.25) is 0 Å². The first kappa shape index (κ1) is 19.8. The Morgan fingerprint density at radius 2 is 1.71 bits per heavy atom. The molecule has 3 rings (SSSR count). The van der Waals surface area contributed by atoms with Crippen LogP contribution in [0.4, 0.5) is 35.1 Å². The predicted molar refractivity (Wildman–Crippen MR) is 76.8 cm³/mol. The number of aromatic nitrogens is 3. The number of rotatable bonds is 2. The Labute approximate surface area is 149 Å². The van der Waals surface area contributed by atoms with Crippen LogP contribution in [0.2, 0.25) is 0 Å². The highest BCUT2D eigenvalue weighted by Crippen LogP contribution is 2.47. The van der Waals surface area contributed by atoms with Crippen LogP contribution in [-0.4, -0.2) is 33.9 Å². The minimum absolute atomic E-state index is 0.343. The van der Waals surface area contributed by atoms with Gasteiger partial charge in [0.2, 0.25) is 0 Å². The zero-order valence-corrected chi connectivity index (χ0v) is 13.5. The maximum atomic E-state index is 13.9. The van der Waals surface area contributed by atoms with Crippen molar-refractivity contribution < 1.29 is 44.7 Å². The highest BCUT2D eigenvalue weighted by atomic mass is 19.4. The first-order valence-electron chi connectivity index (χ1n) is 7.21. The summed E-state index contributed by atoms with van der Waals surface area (Å²) in [5.41, 5.74) is -5.49. The standard InChI is InChI=1S/C15H7F8N3O2/c1-28-12(27)8-5-9-11-6(2-3-26(9)25-8)7(13(16,17)15(21,22)23)4-10(24-11)14(18,19)20/h2-5H,1H3. The molecular weight excluding hydrogens is 406 g/mol. The Morgan fingerprint density at radius 3 is 2.25 bits per heavy atom. The van der Waals surface area contributed by atoms with Gasteiger partial charge in [0.1, 0.15) is 5.69 Å². The summed E-state index contributed by atoms with van der Waals surface area (Å²) in [5, 5.41) is 2.80. The molecule has 0 radical (unpaired) electrons. The van der Waals surface area contributed by atoms with E-state index in [1.807, 2.05) is 0 Å². The van der Waals surface area contributed by atoms with Gasteiger partial charge in [0.15, 0.2) is 5.69 Å². The molecule has 0 aromatic carbocycles. The fourth-order valence-electron chi connectivity index (χ4n) is 2.51. The monoisotopic (exact) mass is 413 g/mol. The number of hydrogen-bond donors (Lipinski definition) is 0. The number of esters is 1. The van der Waals surface area contributed by atoms with E-state index in [-0.39, 0.29) is 11.6 Å². The summed E-state index contributed by atoms with van der Waals surface area (Å²) in [6.07, 6.45) is -10.5. The third-order valence-corrected chi connectivity index (χ3v) is 3.80. The Kier molecular flexibility index (Phi) is 4.24. The number of methoxy groups -OCH3 is 1. The minimum Gasteiger partial charge on any atom is -0.464 e. The molecule has 0 saturated carbocycles. The Morgan fingerprint density at radius 1 is 1.07 bits per heavy atom. The van der Waals surface area contributed by atoms with Gasteiger partial charge in [-0.05, 0) is 12.1 Å². The van der Waals surface area contributed by atoms with E-state index in [2.05, 4.69) is 14.8 Å². The van der Waals surface area contributed by atoms with Crippen molar-refractivity contribution in [3.8, 4) is 0 Å². The Hall–Kier alpha value is -2.99. The molecule has 0 aliphatic rings. The molecule has 3 heterocycles. The topological polar surface area (TPSA) is 56.5 Å². The maximum absolute atomic E-state index is 13.9. The summed E-state index contributed by atoms with van der Waals surface area (Å²) in [6.45, 7) is 0. The second-order valence-electron chi connectivity index (χ2n) is 5.55. The average molecular weight is 413 g/mol. The van der Waals surface area contributed by atoms with E-state index < -0.39 is 52.1 Å². The van der Waals surface area contributed by atoms with Gasteiger partial charge in [-0.25, -0.2) is 14.3 Å². The van der Waals surface area contributed by atoms with Gasteiger partial charge in [0.25, 0.3) is 0 Å². The Balaban J connectivity index is 2.45. The molecule has 0 unspecified atom stereocenters. The molecule has 0 aliphatic carbocycles. The van der Waals surface area contributed by atoms with E-state index in [4.69, 9.17) is 0 Å². The molecule has 0 atom stereocenters. The fourth-order valence-corrected chi connectivity index (χ4v) is 2.51. The van der Waals surface area contributed by atoms with Gasteiger partial charge < -0.3 is 4.74 Å². The highest BCUT2D eigenvalue weighted by molar-refractivity contribution is 5.98. The summed E-state index contributed by atoms with van der Waals surface area (Å²) in [6, 6.07) is 1.24. The smallest absolute Gasteiger partial charge is 0.458 e. The highest BCUT2D eigenvalue weighted by Gasteiger charge is 2.60. The number of ether oxygens (including phenoxy) is 1. The van der Waals surface area contributed by atoms with Crippen molar-refractivity contribution in [3.05, 3.63) is 41.3 Å². The van der Waals surface area contributed by atoms with Gasteiger partial charge in [-0.15, -0.1) is 0 Å². The van der Waals surface area contributed by atoms with Gasteiger partial charge in [0, 0.05) is 23.2 Å². The lowest BCUT2D eigenvalue weighted by Crippen LogP contribution is -2.34. The van der Waals surface area contributed by atoms with Gasteiger partial charge in [0.05, 0.1) is 18.1 Å². The number of halogens is 8. The molecule has 0 saturated heterocycles. The van der Waals surface area contributed by atoms with E-state index in [0.717, 1.165) is 23.9 Å². The molecule has 0 aliphatic heterocycles. The van der Waals surface area contributed by atoms with Crippen LogP contribution in [0, 0.1) is 0 Å². The quantitative estimate of drug-likeness (QED) is 0.463. The number of hydrogen-bond acceptors (Lipinski definition) is 4. The number of carbonyl (C=O) groups is 1. The second kappa shape index (κ2) is 6.01. The largest absolute Gasteiger partial charge is 0.464 e. The maximum Gasteiger partial charge on any atom is 0.458 e. The molecule has 3 aromatic heterocycles. The first-order valence-corrected chi connectivity index (χ1v) is 7.21. The van der Waals surface area contributed by atoms with Crippen molar-refractivity contribution in [2.45, 2.75) is 18.3 Å². The van der Waals surface area contributed by atoms with Crippen LogP contribution in [0.1, 0.15) is 21.7 Å². The van der Waals surface area contributed by atoms with Crippen molar-refractivity contribution in [2.75, 3.05) is 7.11 Å². The van der Waals surface area contributed by atoms with Gasteiger partial charge in [-0.2, -0.15) is 40.2 Å².